The van der Waals surface area contributed by atoms with Crippen LogP contribution in [0.15, 0.2) is 142 Å². The molecule has 0 saturated carbocycles. The van der Waals surface area contributed by atoms with Crippen LogP contribution >= 0.6 is 147 Å². The highest BCUT2D eigenvalue weighted by Gasteiger charge is 2.08. The van der Waals surface area contributed by atoms with Crippen LogP contribution in [0.3, 0.4) is 0 Å². The van der Waals surface area contributed by atoms with Crippen LogP contribution in [0.4, 0.5) is 17.1 Å². The molecule has 0 amide bonds. The summed E-state index contributed by atoms with van der Waals surface area (Å²) in [5.74, 6) is 1.43. The minimum absolute atomic E-state index is 0.250. The van der Waals surface area contributed by atoms with Crippen molar-refractivity contribution in [2.45, 2.75) is 29.1 Å². The van der Waals surface area contributed by atoms with Crippen molar-refractivity contribution in [3.63, 3.8) is 0 Å². The van der Waals surface area contributed by atoms with Crippen molar-refractivity contribution in [1.29, 1.82) is 0 Å². The first kappa shape index (κ1) is 50.9. The van der Waals surface area contributed by atoms with E-state index in [0.717, 1.165) is 55.8 Å². The molecule has 5 rings (SSSR count). The second kappa shape index (κ2) is 29.1. The molecule has 56 heavy (non-hydrogen) atoms. The number of amidine groups is 2. The van der Waals surface area contributed by atoms with Crippen LogP contribution in [0.5, 0.6) is 0 Å². The number of hydrogen-bond acceptors (Lipinski definition) is 6. The molecule has 5 aromatic carbocycles. The summed E-state index contributed by atoms with van der Waals surface area (Å²) in [6.45, 7) is 1.93. The van der Waals surface area contributed by atoms with Gasteiger partial charge in [0.15, 0.2) is 15.4 Å². The number of halogens is 7. The van der Waals surface area contributed by atoms with Gasteiger partial charge in [-0.25, -0.2) is 9.98 Å². The molecule has 17 heteroatoms. The van der Waals surface area contributed by atoms with Crippen molar-refractivity contribution in [3.8, 4) is 0 Å². The molecule has 0 heterocycles. The Kier molecular flexibility index (Phi) is 26.4. The molecule has 0 aliphatic carbocycles. The molecule has 0 bridgehead atoms. The van der Waals surface area contributed by atoms with Gasteiger partial charge in [0.25, 0.3) is 0 Å². The van der Waals surface area contributed by atoms with E-state index >= 15 is 0 Å². The van der Waals surface area contributed by atoms with Crippen molar-refractivity contribution in [2.24, 2.45) is 27.2 Å². The number of nitrogens with one attached hydrogen (secondary N) is 1. The van der Waals surface area contributed by atoms with Crippen LogP contribution in [0.25, 0.3) is 0 Å². The minimum Gasteiger partial charge on any atom is -0.397 e. The Hall–Kier alpha value is -1.25. The second-order valence-electron chi connectivity index (χ2n) is 10.8. The van der Waals surface area contributed by atoms with Gasteiger partial charge in [0.2, 0.25) is 0 Å². The first-order chi connectivity index (χ1) is 26.8. The number of aliphatic imine (C=N–C) groups is 2. The van der Waals surface area contributed by atoms with Gasteiger partial charge in [-0.1, -0.05) is 147 Å². The molecule has 0 aliphatic heterocycles. The molecule has 0 saturated heterocycles. The summed E-state index contributed by atoms with van der Waals surface area (Å²) in [7, 11) is 0. The minimum atomic E-state index is 0.250. The monoisotopic (exact) mass is 1260 g/mol. The fourth-order valence-electron chi connectivity index (χ4n) is 4.05. The van der Waals surface area contributed by atoms with Crippen molar-refractivity contribution in [3.05, 3.63) is 154 Å². The number of hydrogen-bond donors (Lipinski definition) is 5. The summed E-state index contributed by atoms with van der Waals surface area (Å²) in [4.78, 5) is 8.94. The van der Waals surface area contributed by atoms with Gasteiger partial charge in [0.1, 0.15) is 0 Å². The van der Waals surface area contributed by atoms with Gasteiger partial charge in [-0.15, -0.1) is 0 Å². The Bertz CT molecular complexity index is 2010. The number of alkyl halides is 2. The fraction of sp³-hybridized carbons (Fsp3) is 0.154. The Morgan fingerprint density at radius 3 is 1.34 bits per heavy atom. The van der Waals surface area contributed by atoms with Crippen LogP contribution in [-0.4, -0.2) is 27.2 Å². The second-order valence-corrected chi connectivity index (χ2v) is 19.0. The topological polar surface area (TPSA) is 135 Å². The lowest BCUT2D eigenvalue weighted by molar-refractivity contribution is 0.318. The third-order valence-electron chi connectivity index (χ3n) is 6.62. The Balaban J connectivity index is 0.000000351. The predicted molar refractivity (Wildman–Crippen MR) is 274 cm³/mol. The Morgan fingerprint density at radius 2 is 0.929 bits per heavy atom. The van der Waals surface area contributed by atoms with Gasteiger partial charge < -0.3 is 27.6 Å². The fourth-order valence-corrected chi connectivity index (χ4v) is 8.34. The zero-order valence-corrected chi connectivity index (χ0v) is 43.4. The average Bonchev–Trinajstić information content (AvgIpc) is 3.17. The Labute approximate surface area is 402 Å². The van der Waals surface area contributed by atoms with E-state index in [4.69, 9.17) is 22.3 Å². The highest BCUT2D eigenvalue weighted by atomic mass is 79.9. The normalized spacial score (nSPS) is 10.9. The number of aliphatic hydroxyl groups excluding tert-OH is 1. The number of nitrogens with two attached hydrogens (primary N) is 3. The van der Waals surface area contributed by atoms with Crippen molar-refractivity contribution in [2.75, 3.05) is 11.9 Å². The number of nitrogens with zero attached hydrogens (tertiary/aromatic N) is 2. The lowest BCUT2D eigenvalue weighted by Crippen LogP contribution is -2.18. The van der Waals surface area contributed by atoms with Gasteiger partial charge in [0, 0.05) is 56.8 Å². The molecule has 298 valence electrons. The van der Waals surface area contributed by atoms with E-state index in [1.807, 2.05) is 78.9 Å². The zero-order valence-electron chi connectivity index (χ0n) is 29.9. The summed E-state index contributed by atoms with van der Waals surface area (Å²) in [5.41, 5.74) is 25.1. The molecule has 0 aliphatic rings. The lowest BCUT2D eigenvalue weighted by Gasteiger charge is -2.10. The van der Waals surface area contributed by atoms with Crippen molar-refractivity contribution >= 4 is 180 Å². The SMILES string of the molecule is BrCc1ccc(Br)cc1CBr.CCO.NC(=Nc1ccc(Br)cc1)SCc1ccc(Br)cc1CSC(N)=Nc1ccc(Br)cc1.NC(=S)Nc1ccc(Br)cc1. The molecule has 8 N–H and O–H groups in total. The van der Waals surface area contributed by atoms with E-state index in [9.17, 15) is 0 Å². The molecule has 0 spiro atoms. The van der Waals surface area contributed by atoms with Crippen molar-refractivity contribution in [1.82, 2.24) is 0 Å². The smallest absolute Gasteiger partial charge is 0.168 e. The molecule has 0 fully saturated rings. The molecule has 0 radical (unpaired) electrons. The van der Waals surface area contributed by atoms with E-state index < -0.39 is 0 Å². The van der Waals surface area contributed by atoms with Crippen LogP contribution in [-0.2, 0) is 22.2 Å². The number of rotatable bonds is 9. The summed E-state index contributed by atoms with van der Waals surface area (Å²) in [6, 6.07) is 35.6. The molecular formula is C39H39Br7N6OS3. The quantitative estimate of drug-likeness (QED) is 0.0426. The summed E-state index contributed by atoms with van der Waals surface area (Å²) < 4.78 is 5.22. The number of benzene rings is 5. The van der Waals surface area contributed by atoms with Crippen LogP contribution in [0.1, 0.15) is 29.2 Å². The number of thioether (sulfide) groups is 2. The van der Waals surface area contributed by atoms with Crippen LogP contribution in [0, 0.1) is 0 Å². The first-order valence-electron chi connectivity index (χ1n) is 16.3. The van der Waals surface area contributed by atoms with Gasteiger partial charge >= 0.3 is 0 Å². The maximum absolute atomic E-state index is 7.57. The molecule has 0 unspecified atom stereocenters. The highest BCUT2D eigenvalue weighted by Crippen LogP contribution is 2.27. The van der Waals surface area contributed by atoms with Crippen molar-refractivity contribution < 1.29 is 5.11 Å². The summed E-state index contributed by atoms with van der Waals surface area (Å²) in [5, 5.41) is 13.6. The first-order valence-corrected chi connectivity index (χ1v) is 24.9. The lowest BCUT2D eigenvalue weighted by atomic mass is 10.1. The highest BCUT2D eigenvalue weighted by molar-refractivity contribution is 9.11. The molecule has 5 aromatic rings. The van der Waals surface area contributed by atoms with Gasteiger partial charge in [-0.2, -0.15) is 0 Å². The molecular weight excluding hydrogens is 1220 g/mol. The zero-order chi connectivity index (χ0) is 41.5. The largest absolute Gasteiger partial charge is 0.397 e. The van der Waals surface area contributed by atoms with Gasteiger partial charge in [0.05, 0.1) is 11.4 Å². The van der Waals surface area contributed by atoms with Gasteiger partial charge in [-0.05, 0) is 138 Å². The van der Waals surface area contributed by atoms with E-state index in [2.05, 4.69) is 169 Å². The average molecular weight is 1260 g/mol. The molecule has 0 aromatic heterocycles. The predicted octanol–water partition coefficient (Wildman–Crippen LogP) is 14.1. The van der Waals surface area contributed by atoms with Gasteiger partial charge in [-0.3, -0.25) is 0 Å². The third-order valence-corrected chi connectivity index (χ3v) is 12.2. The Morgan fingerprint density at radius 1 is 0.571 bits per heavy atom. The number of anilines is 1. The number of thiocarbonyl (C=S) groups is 1. The standard InChI is InChI=1S/C22H19Br3N4S2.C8H7Br3.C7H7BrN2S.C2H6O/c23-16-3-7-19(8-4-16)28-21(26)30-12-14-1-2-18(25)11-15(14)13-31-22(27)29-20-9-5-17(24)6-10-20;9-4-6-1-2-8(11)3-7(6)5-10;8-5-1-3-6(4-2-5)10-7(9)11;1-2-3/h1-11H,12-13H2,(H2,26,28)(H2,27,29);1-3H,4-5H2;1-4H,(H3,9,10,11);3H,2H2,1H3. The molecule has 0 atom stereocenters. The maximum Gasteiger partial charge on any atom is 0.168 e. The summed E-state index contributed by atoms with van der Waals surface area (Å²) >= 11 is 31.7. The van der Waals surface area contributed by atoms with Crippen LogP contribution in [0.2, 0.25) is 0 Å². The molecule has 7 nitrogen and oxygen atoms in total. The van der Waals surface area contributed by atoms with E-state index in [0.29, 0.717) is 16.1 Å². The van der Waals surface area contributed by atoms with Crippen LogP contribution < -0.4 is 22.5 Å². The summed E-state index contributed by atoms with van der Waals surface area (Å²) in [6.07, 6.45) is 0. The van der Waals surface area contributed by atoms with E-state index in [1.54, 1.807) is 6.92 Å². The van der Waals surface area contributed by atoms with E-state index in [-0.39, 0.29) is 11.7 Å². The number of aliphatic hydroxyl groups is 1. The van der Waals surface area contributed by atoms with E-state index in [1.165, 1.54) is 45.8 Å². The maximum atomic E-state index is 7.57. The third kappa shape index (κ3) is 21.7.